The minimum Gasteiger partial charge on any atom is -0.506 e. The Morgan fingerprint density at radius 2 is 1.80 bits per heavy atom. The van der Waals surface area contributed by atoms with Gasteiger partial charge in [0.1, 0.15) is 10.8 Å². The number of aliphatic hydroxyl groups excluding tert-OH is 1. The van der Waals surface area contributed by atoms with E-state index in [4.69, 9.17) is 5.11 Å². The van der Waals surface area contributed by atoms with E-state index in [1.54, 1.807) is 0 Å². The molecule has 2 rings (SSSR count). The van der Waals surface area contributed by atoms with Gasteiger partial charge in [-0.15, -0.1) is 11.8 Å². The molecular weight excluding hydrogens is 335 g/mol. The molecule has 0 spiro atoms. The normalized spacial score (nSPS) is 15.4. The lowest BCUT2D eigenvalue weighted by Gasteiger charge is -2.17. The Hall–Kier alpha value is -2.27. The van der Waals surface area contributed by atoms with E-state index < -0.39 is 11.6 Å². The Bertz CT molecular complexity index is 729. The van der Waals surface area contributed by atoms with Crippen molar-refractivity contribution in [1.29, 1.82) is 0 Å². The standard InChI is InChI=1S/C20H23FN2OS/c1-14(13-19(21)16(3)24)15(2)22-20(25-4)17-7-9-18(10-8-17)23-11-5-6-12-23/h7-10,13,24H,1-3,5-6,11-12H2,4H3/b19-13+,22-20?. The van der Waals surface area contributed by atoms with E-state index in [1.807, 2.05) is 18.4 Å². The zero-order chi connectivity index (χ0) is 18.4. The quantitative estimate of drug-likeness (QED) is 0.320. The molecular formula is C20H23FN2OS. The number of anilines is 1. The van der Waals surface area contributed by atoms with Gasteiger partial charge < -0.3 is 10.0 Å². The summed E-state index contributed by atoms with van der Waals surface area (Å²) in [6.45, 7) is 12.9. The first-order valence-corrected chi connectivity index (χ1v) is 9.26. The van der Waals surface area contributed by atoms with Gasteiger partial charge in [-0.1, -0.05) is 31.9 Å². The molecule has 1 aliphatic heterocycles. The van der Waals surface area contributed by atoms with E-state index >= 15 is 0 Å². The average Bonchev–Trinajstić information content (AvgIpc) is 3.14. The van der Waals surface area contributed by atoms with Gasteiger partial charge in [0, 0.05) is 24.3 Å². The number of benzene rings is 1. The second-order valence-corrected chi connectivity index (χ2v) is 6.57. The maximum Gasteiger partial charge on any atom is 0.164 e. The first-order chi connectivity index (χ1) is 11.9. The lowest BCUT2D eigenvalue weighted by atomic mass is 10.2. The number of halogens is 1. The van der Waals surface area contributed by atoms with Crippen molar-refractivity contribution < 1.29 is 9.50 Å². The summed E-state index contributed by atoms with van der Waals surface area (Å²) in [5, 5.41) is 9.79. The number of nitrogens with zero attached hydrogens (tertiary/aromatic N) is 2. The molecule has 1 aliphatic rings. The van der Waals surface area contributed by atoms with Gasteiger partial charge >= 0.3 is 0 Å². The fourth-order valence-electron chi connectivity index (χ4n) is 2.53. The highest BCUT2D eigenvalue weighted by Crippen LogP contribution is 2.23. The predicted molar refractivity (Wildman–Crippen MR) is 107 cm³/mol. The summed E-state index contributed by atoms with van der Waals surface area (Å²) in [4.78, 5) is 6.83. The molecule has 0 bridgehead atoms. The molecule has 0 saturated carbocycles. The van der Waals surface area contributed by atoms with Gasteiger partial charge in [0.05, 0.1) is 5.70 Å². The minimum absolute atomic E-state index is 0.285. The zero-order valence-electron chi connectivity index (χ0n) is 14.5. The van der Waals surface area contributed by atoms with Crippen LogP contribution in [0.4, 0.5) is 10.1 Å². The van der Waals surface area contributed by atoms with Crippen molar-refractivity contribution in [1.82, 2.24) is 0 Å². The second-order valence-electron chi connectivity index (χ2n) is 5.77. The minimum atomic E-state index is -0.845. The van der Waals surface area contributed by atoms with Crippen molar-refractivity contribution >= 4 is 22.5 Å². The summed E-state index contributed by atoms with van der Waals surface area (Å²) >= 11 is 1.49. The van der Waals surface area contributed by atoms with Crippen LogP contribution in [0.5, 0.6) is 0 Å². The molecule has 1 aromatic carbocycles. The lowest BCUT2D eigenvalue weighted by molar-refractivity contribution is 0.392. The van der Waals surface area contributed by atoms with Crippen LogP contribution in [0.25, 0.3) is 0 Å². The fraction of sp³-hybridized carbons (Fsp3) is 0.250. The third kappa shape index (κ3) is 5.10. The number of aliphatic hydroxyl groups is 1. The number of hydrogen-bond donors (Lipinski definition) is 1. The van der Waals surface area contributed by atoms with Gasteiger partial charge in [0.15, 0.2) is 5.83 Å². The van der Waals surface area contributed by atoms with Crippen LogP contribution < -0.4 is 4.90 Å². The zero-order valence-corrected chi connectivity index (χ0v) is 15.3. The van der Waals surface area contributed by atoms with E-state index in [-0.39, 0.29) is 5.57 Å². The first-order valence-electron chi connectivity index (χ1n) is 8.04. The summed E-state index contributed by atoms with van der Waals surface area (Å²) in [6.07, 6.45) is 5.48. The van der Waals surface area contributed by atoms with Gasteiger partial charge in [-0.2, -0.15) is 0 Å². The smallest absolute Gasteiger partial charge is 0.164 e. The Kier molecular flexibility index (Phi) is 6.65. The van der Waals surface area contributed by atoms with Crippen LogP contribution in [0.1, 0.15) is 18.4 Å². The summed E-state index contributed by atoms with van der Waals surface area (Å²) in [6, 6.07) is 8.26. The summed E-state index contributed by atoms with van der Waals surface area (Å²) in [7, 11) is 0. The van der Waals surface area contributed by atoms with Gasteiger partial charge in [0.2, 0.25) is 0 Å². The van der Waals surface area contributed by atoms with Crippen molar-refractivity contribution in [2.45, 2.75) is 12.8 Å². The first kappa shape index (κ1) is 19.1. The van der Waals surface area contributed by atoms with Crippen LogP contribution in [0, 0.1) is 0 Å². The van der Waals surface area contributed by atoms with E-state index in [2.05, 4.69) is 41.8 Å². The fourth-order valence-corrected chi connectivity index (χ4v) is 3.11. The molecule has 0 radical (unpaired) electrons. The summed E-state index contributed by atoms with van der Waals surface area (Å²) < 4.78 is 13.4. The molecule has 0 atom stereocenters. The maximum atomic E-state index is 13.4. The van der Waals surface area contributed by atoms with Crippen molar-refractivity contribution in [2.75, 3.05) is 24.2 Å². The number of hydrogen-bond acceptors (Lipinski definition) is 4. The Morgan fingerprint density at radius 3 is 2.32 bits per heavy atom. The average molecular weight is 358 g/mol. The Morgan fingerprint density at radius 1 is 1.20 bits per heavy atom. The van der Waals surface area contributed by atoms with Crippen molar-refractivity contribution in [3.8, 4) is 0 Å². The van der Waals surface area contributed by atoms with Gasteiger partial charge in [0.25, 0.3) is 0 Å². The van der Waals surface area contributed by atoms with Crippen LogP contribution in [-0.4, -0.2) is 29.5 Å². The van der Waals surface area contributed by atoms with Crippen molar-refractivity contribution in [3.63, 3.8) is 0 Å². The van der Waals surface area contributed by atoms with Crippen LogP contribution in [0.3, 0.4) is 0 Å². The molecule has 0 aromatic heterocycles. The lowest BCUT2D eigenvalue weighted by Crippen LogP contribution is -2.17. The topological polar surface area (TPSA) is 35.8 Å². The highest BCUT2D eigenvalue weighted by molar-refractivity contribution is 8.13. The number of allylic oxidation sites excluding steroid dienone is 2. The second kappa shape index (κ2) is 8.72. The van der Waals surface area contributed by atoms with Crippen LogP contribution in [0.15, 0.2) is 77.9 Å². The van der Waals surface area contributed by atoms with E-state index in [1.165, 1.54) is 30.3 Å². The third-order valence-corrected chi connectivity index (χ3v) is 4.68. The molecule has 1 heterocycles. The van der Waals surface area contributed by atoms with Crippen molar-refractivity contribution in [3.05, 3.63) is 78.5 Å². The molecule has 132 valence electrons. The summed E-state index contributed by atoms with van der Waals surface area (Å²) in [5.74, 6) is -1.48. The molecule has 1 fully saturated rings. The highest BCUT2D eigenvalue weighted by atomic mass is 32.2. The molecule has 0 unspecified atom stereocenters. The van der Waals surface area contributed by atoms with Gasteiger partial charge in [-0.25, -0.2) is 9.38 Å². The molecule has 0 aliphatic carbocycles. The Balaban J connectivity index is 2.16. The highest BCUT2D eigenvalue weighted by Gasteiger charge is 2.12. The third-order valence-electron chi connectivity index (χ3n) is 3.96. The van der Waals surface area contributed by atoms with Gasteiger partial charge in [-0.05, 0) is 42.9 Å². The Labute approximate surface area is 153 Å². The number of aliphatic imine (C=N–C) groups is 1. The van der Waals surface area contributed by atoms with Crippen LogP contribution >= 0.6 is 11.8 Å². The SMILES string of the molecule is C=C(/C=C(/F)C(=C)O)C(=C)N=C(SC)c1ccc(N2CCCC2)cc1. The largest absolute Gasteiger partial charge is 0.506 e. The molecule has 1 N–H and O–H groups in total. The molecule has 1 saturated heterocycles. The maximum absolute atomic E-state index is 13.4. The molecule has 3 nitrogen and oxygen atoms in total. The molecule has 5 heteroatoms. The van der Waals surface area contributed by atoms with Crippen molar-refractivity contribution in [2.24, 2.45) is 4.99 Å². The van der Waals surface area contributed by atoms with Crippen LogP contribution in [0.2, 0.25) is 0 Å². The van der Waals surface area contributed by atoms with E-state index in [0.717, 1.165) is 29.8 Å². The van der Waals surface area contributed by atoms with Gasteiger partial charge in [-0.3, -0.25) is 0 Å². The summed E-state index contributed by atoms with van der Waals surface area (Å²) in [5.41, 5.74) is 2.81. The van der Waals surface area contributed by atoms with E-state index in [9.17, 15) is 4.39 Å². The molecule has 0 amide bonds. The predicted octanol–water partition coefficient (Wildman–Crippen LogP) is 5.39. The molecule has 1 aromatic rings. The number of thioether (sulfide) groups is 1. The monoisotopic (exact) mass is 358 g/mol. The number of rotatable bonds is 6. The van der Waals surface area contributed by atoms with E-state index in [0.29, 0.717) is 5.70 Å². The van der Waals surface area contributed by atoms with Crippen LogP contribution in [-0.2, 0) is 0 Å². The molecule has 25 heavy (non-hydrogen) atoms.